The van der Waals surface area contributed by atoms with Gasteiger partial charge in [-0.05, 0) is 70.6 Å². The summed E-state index contributed by atoms with van der Waals surface area (Å²) in [5, 5.41) is 110. The molecule has 0 bridgehead atoms. The van der Waals surface area contributed by atoms with E-state index >= 15 is 0 Å². The van der Waals surface area contributed by atoms with Crippen molar-refractivity contribution >= 4 is 25.7 Å². The number of hydrogen-bond donors (Lipinski definition) is 11. The molecule has 2 saturated heterocycles. The Morgan fingerprint density at radius 3 is 1.17 bits per heavy atom. The lowest BCUT2D eigenvalue weighted by Crippen LogP contribution is -2.69. The normalized spacial score (nSPS) is 28.6. The Labute approximate surface area is 554 Å². The van der Waals surface area contributed by atoms with E-state index < -0.39 is 156 Å². The van der Waals surface area contributed by atoms with E-state index in [0.717, 1.165) is 96.3 Å². The predicted octanol–water partition coefficient (Wildman–Crippen LogP) is 8.57. The third-order valence-electron chi connectivity index (χ3n) is 17.5. The molecule has 0 aromatic heterocycles. The monoisotopic (exact) mass is 1350 g/mol. The predicted molar refractivity (Wildman–Crippen MR) is 347 cm³/mol. The third kappa shape index (κ3) is 34.7. The molecule has 1 aliphatic carbocycles. The number of aliphatic hydroxyl groups is 10. The van der Waals surface area contributed by atoms with Gasteiger partial charge in [0.2, 0.25) is 0 Å². The topological polar surface area (TPSA) is 374 Å². The summed E-state index contributed by atoms with van der Waals surface area (Å²) >= 11 is 0. The molecule has 93 heavy (non-hydrogen) atoms. The van der Waals surface area contributed by atoms with Crippen LogP contribution in [-0.2, 0) is 61.2 Å². The smallest absolute Gasteiger partial charge is 0.463 e. The van der Waals surface area contributed by atoms with Crippen molar-refractivity contribution in [3.8, 4) is 0 Å². The van der Waals surface area contributed by atoms with Gasteiger partial charge in [-0.2, -0.15) is 0 Å². The molecule has 11 N–H and O–H groups in total. The Morgan fingerprint density at radius 1 is 0.409 bits per heavy atom. The molecule has 18 atom stereocenters. The van der Waals surface area contributed by atoms with Crippen LogP contribution >= 0.6 is 7.82 Å². The quantitative estimate of drug-likeness (QED) is 0.00892. The highest BCUT2D eigenvalue weighted by atomic mass is 31.2. The van der Waals surface area contributed by atoms with Gasteiger partial charge < -0.3 is 89.1 Å². The number of aliphatic hydroxyl groups excluding tert-OH is 10. The zero-order chi connectivity index (χ0) is 68.2. The van der Waals surface area contributed by atoms with Crippen LogP contribution in [0, 0.1) is 0 Å². The molecule has 24 nitrogen and oxygen atoms in total. The maximum Gasteiger partial charge on any atom is 0.472 e. The molecule has 0 amide bonds. The molecule has 25 heteroatoms. The number of rotatable bonds is 54. The summed E-state index contributed by atoms with van der Waals surface area (Å²) in [6.45, 7) is 3.37. The summed E-state index contributed by atoms with van der Waals surface area (Å²) in [6.07, 6.45) is 8.53. The highest BCUT2D eigenvalue weighted by Crippen LogP contribution is 2.49. The van der Waals surface area contributed by atoms with Gasteiger partial charge in [0.15, 0.2) is 18.7 Å². The van der Waals surface area contributed by atoms with Gasteiger partial charge in [0.1, 0.15) is 98.7 Å². The fraction of sp³-hybridized carbons (Fsp3) is 0.897. The summed E-state index contributed by atoms with van der Waals surface area (Å²) in [4.78, 5) is 50.8. The molecule has 0 radical (unpaired) electrons. The molecule has 3 rings (SSSR count). The Balaban J connectivity index is 1.77. The molecule has 3 fully saturated rings. The van der Waals surface area contributed by atoms with Crippen molar-refractivity contribution in [1.82, 2.24) is 0 Å². The number of carbonyl (C=O) groups is 3. The first-order valence-corrected chi connectivity index (χ1v) is 37.1. The average molecular weight is 1360 g/mol. The van der Waals surface area contributed by atoms with Crippen molar-refractivity contribution in [1.29, 1.82) is 0 Å². The van der Waals surface area contributed by atoms with Gasteiger partial charge in [-0.15, -0.1) is 0 Å². The maximum absolute atomic E-state index is 14.3. The van der Waals surface area contributed by atoms with E-state index in [-0.39, 0.29) is 19.3 Å². The standard InChI is InChI=1S/C68H123O24P/c1-4-7-10-13-16-19-22-25-28-30-33-36-39-42-52(70)84-46-49(87-54(72)44-41-38-35-32-27-24-21-18-15-12-9-6-3)47-86-93(82,83)92-66-64(90-67-62(80)57(75)55(73)50(45-69)88-67)60(78)59(77)61(79)65(66)91-68-63(81)58(76)56(74)51(89-68)48-85-53(71)43-40-37-34-31-29-26-23-20-17-14-11-8-5-2/h25-26,28-29,49-51,55-69,73-81H,4-24,27,30-48H2,1-3H3,(H,82,83)/b28-25-,29-26-. The van der Waals surface area contributed by atoms with Crippen molar-refractivity contribution < 1.29 is 117 Å². The Hall–Kier alpha value is -2.56. The first-order valence-electron chi connectivity index (χ1n) is 35.6. The number of hydrogen-bond acceptors (Lipinski definition) is 23. The lowest BCUT2D eigenvalue weighted by atomic mass is 9.84. The number of ether oxygens (including phenoxy) is 7. The molecule has 18 unspecified atom stereocenters. The number of unbranched alkanes of at least 4 members (excludes halogenated alkanes) is 29. The molecule has 0 aromatic carbocycles. The van der Waals surface area contributed by atoms with E-state index in [9.17, 15) is 74.9 Å². The van der Waals surface area contributed by atoms with Crippen LogP contribution in [0.15, 0.2) is 24.3 Å². The van der Waals surface area contributed by atoms with Crippen LogP contribution < -0.4 is 0 Å². The van der Waals surface area contributed by atoms with Crippen LogP contribution in [0.2, 0.25) is 0 Å². The average Bonchev–Trinajstić information content (AvgIpc) is 0.773. The molecular formula is C68H123O24P. The zero-order valence-corrected chi connectivity index (χ0v) is 57.2. The minimum Gasteiger partial charge on any atom is -0.463 e. The van der Waals surface area contributed by atoms with Crippen molar-refractivity contribution in [3.05, 3.63) is 24.3 Å². The fourth-order valence-electron chi connectivity index (χ4n) is 11.6. The first kappa shape index (κ1) is 84.7. The van der Waals surface area contributed by atoms with Crippen LogP contribution in [-0.4, -0.2) is 204 Å². The number of esters is 3. The molecule has 2 heterocycles. The minimum atomic E-state index is -5.69. The minimum absolute atomic E-state index is 0.00762. The van der Waals surface area contributed by atoms with Crippen molar-refractivity contribution in [2.75, 3.05) is 26.4 Å². The van der Waals surface area contributed by atoms with E-state index in [0.29, 0.717) is 19.3 Å². The van der Waals surface area contributed by atoms with Gasteiger partial charge in [0.05, 0.1) is 13.2 Å². The highest BCUT2D eigenvalue weighted by molar-refractivity contribution is 7.47. The Kier molecular flexibility index (Phi) is 46.2. The summed E-state index contributed by atoms with van der Waals surface area (Å²) in [5.74, 6) is -2.03. The highest BCUT2D eigenvalue weighted by Gasteiger charge is 2.58. The van der Waals surface area contributed by atoms with Crippen molar-refractivity contribution in [2.45, 2.75) is 362 Å². The largest absolute Gasteiger partial charge is 0.472 e. The molecule has 544 valence electrons. The molecule has 0 aromatic rings. The SMILES string of the molecule is CCCCCCCC/C=C\CCCCCC(=O)OCC(COP(=O)(O)OC1C(OC2OC(CO)C(O)C(O)C2O)C(O)C(O)C(O)C1OC1OC(COC(=O)CCCCC/C=C\CCCCCCCC)C(O)C(O)C1O)OC(=O)CCCCCCCCCCCCCC. The van der Waals surface area contributed by atoms with Crippen LogP contribution in [0.25, 0.3) is 0 Å². The molecular weight excluding hydrogens is 1230 g/mol. The van der Waals surface area contributed by atoms with Gasteiger partial charge in [-0.1, -0.05) is 193 Å². The second-order valence-electron chi connectivity index (χ2n) is 25.6. The third-order valence-corrected chi connectivity index (χ3v) is 18.4. The second-order valence-corrected chi connectivity index (χ2v) is 27.0. The van der Waals surface area contributed by atoms with Gasteiger partial charge in [-0.3, -0.25) is 23.4 Å². The van der Waals surface area contributed by atoms with E-state index in [2.05, 4.69) is 45.1 Å². The van der Waals surface area contributed by atoms with E-state index in [1.807, 2.05) is 0 Å². The summed E-state index contributed by atoms with van der Waals surface area (Å²) in [5.41, 5.74) is 0. The van der Waals surface area contributed by atoms with Crippen LogP contribution in [0.3, 0.4) is 0 Å². The second kappa shape index (κ2) is 50.7. The van der Waals surface area contributed by atoms with E-state index in [1.165, 1.54) is 103 Å². The lowest BCUT2D eigenvalue weighted by Gasteiger charge is -2.49. The number of carbonyl (C=O) groups excluding carboxylic acids is 3. The molecule has 1 saturated carbocycles. The molecule has 0 spiro atoms. The lowest BCUT2D eigenvalue weighted by molar-refractivity contribution is -0.360. The van der Waals surface area contributed by atoms with Crippen molar-refractivity contribution in [3.63, 3.8) is 0 Å². The Morgan fingerprint density at radius 2 is 0.753 bits per heavy atom. The van der Waals surface area contributed by atoms with Crippen molar-refractivity contribution in [2.24, 2.45) is 0 Å². The summed E-state index contributed by atoms with van der Waals surface area (Å²) in [7, 11) is -5.69. The first-order chi connectivity index (χ1) is 44.8. The van der Waals surface area contributed by atoms with Gasteiger partial charge in [0, 0.05) is 19.3 Å². The molecule has 2 aliphatic heterocycles. The molecule has 3 aliphatic rings. The van der Waals surface area contributed by atoms with E-state index in [1.54, 1.807) is 0 Å². The van der Waals surface area contributed by atoms with Gasteiger partial charge >= 0.3 is 25.7 Å². The van der Waals surface area contributed by atoms with E-state index in [4.69, 9.17) is 42.2 Å². The summed E-state index contributed by atoms with van der Waals surface area (Å²) in [6, 6.07) is 0. The Bertz CT molecular complexity index is 2040. The number of allylic oxidation sites excluding steroid dienone is 4. The van der Waals surface area contributed by atoms with Crippen LogP contribution in [0.5, 0.6) is 0 Å². The van der Waals surface area contributed by atoms with Crippen LogP contribution in [0.4, 0.5) is 0 Å². The zero-order valence-electron chi connectivity index (χ0n) is 56.3. The van der Waals surface area contributed by atoms with Gasteiger partial charge in [0.25, 0.3) is 0 Å². The fourth-order valence-corrected chi connectivity index (χ4v) is 12.5. The summed E-state index contributed by atoms with van der Waals surface area (Å²) < 4.78 is 64.8. The van der Waals surface area contributed by atoms with Crippen LogP contribution in [0.1, 0.15) is 258 Å². The maximum atomic E-state index is 14.3. The van der Waals surface area contributed by atoms with Gasteiger partial charge in [-0.25, -0.2) is 4.57 Å². The number of phosphoric ester groups is 1. The number of phosphoric acid groups is 1.